The maximum Gasteiger partial charge on any atom is 0.295 e. The number of hydrogen-bond acceptors (Lipinski definition) is 4. The number of carbonyl (C=O) groups is 2. The van der Waals surface area contributed by atoms with Crippen molar-refractivity contribution in [3.63, 3.8) is 0 Å². The summed E-state index contributed by atoms with van der Waals surface area (Å²) in [6.45, 7) is 1.50. The molecule has 0 bridgehead atoms. The molecule has 5 heteroatoms. The fraction of sp³-hybridized carbons (Fsp3) is 0.0833. The van der Waals surface area contributed by atoms with Crippen LogP contribution in [0, 0.1) is 5.41 Å². The zero-order valence-corrected chi connectivity index (χ0v) is 9.11. The predicted octanol–water partition coefficient (Wildman–Crippen LogP) is 1.22. The molecule has 1 amide bonds. The van der Waals surface area contributed by atoms with Crippen LogP contribution in [0.1, 0.15) is 17.3 Å². The van der Waals surface area contributed by atoms with Crippen LogP contribution in [0.2, 0.25) is 0 Å². The third-order valence-corrected chi connectivity index (χ3v) is 2.35. The van der Waals surface area contributed by atoms with Crippen molar-refractivity contribution in [1.82, 2.24) is 5.32 Å². The molecular formula is C12H10N2O3. The molecule has 0 spiro atoms. The third kappa shape index (κ3) is 2.08. The summed E-state index contributed by atoms with van der Waals surface area (Å²) in [4.78, 5) is 23.4. The van der Waals surface area contributed by atoms with E-state index >= 15 is 0 Å². The Kier molecular flexibility index (Phi) is 2.74. The fourth-order valence-corrected chi connectivity index (χ4v) is 1.49. The lowest BCUT2D eigenvalue weighted by Crippen LogP contribution is -2.20. The third-order valence-electron chi connectivity index (χ3n) is 2.35. The van der Waals surface area contributed by atoms with Gasteiger partial charge in [0.1, 0.15) is 0 Å². The summed E-state index contributed by atoms with van der Waals surface area (Å²) in [6.07, 6.45) is 0. The van der Waals surface area contributed by atoms with Gasteiger partial charge in [0.05, 0.1) is 0 Å². The van der Waals surface area contributed by atoms with Gasteiger partial charge < -0.3 is 4.74 Å². The molecule has 1 fully saturated rings. The fourth-order valence-electron chi connectivity index (χ4n) is 1.49. The summed E-state index contributed by atoms with van der Waals surface area (Å²) in [6, 6.07) is 8.24. The molecule has 0 aliphatic carbocycles. The van der Waals surface area contributed by atoms with Gasteiger partial charge in [0.15, 0.2) is 5.78 Å². The maximum atomic E-state index is 12.0. The number of ketones is 1. The number of amides is 1. The highest BCUT2D eigenvalue weighted by atomic mass is 16.5. The molecule has 1 aliphatic rings. The summed E-state index contributed by atoms with van der Waals surface area (Å²) in [5.74, 6) is -0.953. The molecule has 17 heavy (non-hydrogen) atoms. The van der Waals surface area contributed by atoms with Crippen LogP contribution in [-0.4, -0.2) is 17.7 Å². The lowest BCUT2D eigenvalue weighted by atomic mass is 10.0. The molecule has 2 N–H and O–H groups in total. The van der Waals surface area contributed by atoms with E-state index in [1.54, 1.807) is 30.3 Å². The number of hydrogen-bond donors (Lipinski definition) is 2. The summed E-state index contributed by atoms with van der Waals surface area (Å²) in [5.41, 5.74) is 0.670. The second-order valence-electron chi connectivity index (χ2n) is 3.53. The van der Waals surface area contributed by atoms with Crippen LogP contribution < -0.4 is 5.32 Å². The summed E-state index contributed by atoms with van der Waals surface area (Å²) >= 11 is 0. The number of benzene rings is 1. The van der Waals surface area contributed by atoms with E-state index in [0.29, 0.717) is 5.56 Å². The molecular weight excluding hydrogens is 220 g/mol. The number of ether oxygens (including phenoxy) is 1. The van der Waals surface area contributed by atoms with E-state index in [1.165, 1.54) is 6.92 Å². The van der Waals surface area contributed by atoms with Gasteiger partial charge in [-0.3, -0.25) is 20.3 Å². The first-order chi connectivity index (χ1) is 8.09. The highest BCUT2D eigenvalue weighted by Gasteiger charge is 2.28. The molecule has 0 atom stereocenters. The summed E-state index contributed by atoms with van der Waals surface area (Å²) in [5, 5.41) is 9.31. The molecule has 0 aromatic heterocycles. The molecule has 1 aliphatic heterocycles. The van der Waals surface area contributed by atoms with Crippen molar-refractivity contribution >= 4 is 17.7 Å². The van der Waals surface area contributed by atoms with Crippen molar-refractivity contribution in [3.05, 3.63) is 47.2 Å². The molecule has 1 aromatic rings. The number of amidine groups is 1. The molecule has 0 unspecified atom stereocenters. The predicted molar refractivity (Wildman–Crippen MR) is 60.4 cm³/mol. The average Bonchev–Trinajstić information content (AvgIpc) is 2.68. The SMILES string of the molecule is C/C(C(=O)c1ccccc1)=C1\OC(=N)NC1=O. The molecule has 5 nitrogen and oxygen atoms in total. The van der Waals surface area contributed by atoms with Crippen molar-refractivity contribution in [2.24, 2.45) is 0 Å². The quantitative estimate of drug-likeness (QED) is 0.592. The molecule has 2 rings (SSSR count). The van der Waals surface area contributed by atoms with E-state index in [4.69, 9.17) is 10.1 Å². The Hall–Kier alpha value is -2.43. The monoisotopic (exact) mass is 230 g/mol. The number of Topliss-reactive ketones (excluding diaryl/α,β-unsaturated/α-hetero) is 1. The van der Waals surface area contributed by atoms with Gasteiger partial charge in [-0.2, -0.15) is 0 Å². The molecule has 1 heterocycles. The number of rotatable bonds is 2. The molecule has 1 aromatic carbocycles. The Labute approximate surface area is 97.6 Å². The first-order valence-corrected chi connectivity index (χ1v) is 4.98. The van der Waals surface area contributed by atoms with Gasteiger partial charge in [0, 0.05) is 11.1 Å². The number of nitrogens with one attached hydrogen (secondary N) is 2. The smallest absolute Gasteiger partial charge is 0.295 e. The zero-order chi connectivity index (χ0) is 12.4. The van der Waals surface area contributed by atoms with Gasteiger partial charge in [0.25, 0.3) is 11.9 Å². The van der Waals surface area contributed by atoms with Crippen LogP contribution in [0.25, 0.3) is 0 Å². The standard InChI is InChI=1S/C12H10N2O3/c1-7(10-11(16)14-12(13)17-10)9(15)8-5-3-2-4-6-8/h2-6H,1H3,(H2,13,14,16)/b10-7+. The normalized spacial score (nSPS) is 17.5. The van der Waals surface area contributed by atoms with Crippen molar-refractivity contribution in [1.29, 1.82) is 5.41 Å². The molecule has 1 saturated heterocycles. The minimum absolute atomic E-state index is 0.108. The Morgan fingerprint density at radius 2 is 1.94 bits per heavy atom. The Bertz CT molecular complexity index is 532. The van der Waals surface area contributed by atoms with Crippen LogP contribution in [0.5, 0.6) is 0 Å². The lowest BCUT2D eigenvalue weighted by molar-refractivity contribution is -0.116. The first-order valence-electron chi connectivity index (χ1n) is 4.98. The maximum absolute atomic E-state index is 12.0. The van der Waals surface area contributed by atoms with Crippen LogP contribution in [0.4, 0.5) is 0 Å². The van der Waals surface area contributed by atoms with Crippen LogP contribution in [0.15, 0.2) is 41.7 Å². The highest BCUT2D eigenvalue weighted by Crippen LogP contribution is 2.16. The van der Waals surface area contributed by atoms with Crippen LogP contribution in [-0.2, 0) is 9.53 Å². The van der Waals surface area contributed by atoms with Gasteiger partial charge in [-0.05, 0) is 6.92 Å². The van der Waals surface area contributed by atoms with Crippen molar-refractivity contribution in [3.8, 4) is 0 Å². The van der Waals surface area contributed by atoms with Gasteiger partial charge in [-0.15, -0.1) is 0 Å². The van der Waals surface area contributed by atoms with E-state index in [-0.39, 0.29) is 23.1 Å². The Morgan fingerprint density at radius 3 is 2.47 bits per heavy atom. The lowest BCUT2D eigenvalue weighted by Gasteiger charge is -2.02. The Balaban J connectivity index is 2.35. The Morgan fingerprint density at radius 1 is 1.29 bits per heavy atom. The van der Waals surface area contributed by atoms with E-state index < -0.39 is 5.91 Å². The van der Waals surface area contributed by atoms with Crippen molar-refractivity contribution < 1.29 is 14.3 Å². The second-order valence-corrected chi connectivity index (χ2v) is 3.53. The van der Waals surface area contributed by atoms with Gasteiger partial charge >= 0.3 is 0 Å². The molecule has 0 saturated carbocycles. The van der Waals surface area contributed by atoms with Gasteiger partial charge in [0.2, 0.25) is 5.76 Å². The first kappa shape index (κ1) is 11.1. The highest BCUT2D eigenvalue weighted by molar-refractivity contribution is 6.16. The minimum Gasteiger partial charge on any atom is -0.420 e. The van der Waals surface area contributed by atoms with E-state index in [0.717, 1.165) is 0 Å². The molecule has 86 valence electrons. The van der Waals surface area contributed by atoms with E-state index in [1.807, 2.05) is 0 Å². The summed E-state index contributed by atoms with van der Waals surface area (Å²) < 4.78 is 4.86. The van der Waals surface area contributed by atoms with E-state index in [9.17, 15) is 9.59 Å². The number of allylic oxidation sites excluding steroid dienone is 1. The second kappa shape index (κ2) is 4.21. The van der Waals surface area contributed by atoms with Crippen molar-refractivity contribution in [2.75, 3.05) is 0 Å². The van der Waals surface area contributed by atoms with Gasteiger partial charge in [-0.1, -0.05) is 30.3 Å². The largest absolute Gasteiger partial charge is 0.420 e. The van der Waals surface area contributed by atoms with Crippen LogP contribution in [0.3, 0.4) is 0 Å². The minimum atomic E-state index is -0.559. The summed E-state index contributed by atoms with van der Waals surface area (Å²) in [7, 11) is 0. The topological polar surface area (TPSA) is 79.2 Å². The molecule has 0 radical (unpaired) electrons. The van der Waals surface area contributed by atoms with Crippen molar-refractivity contribution in [2.45, 2.75) is 6.92 Å². The zero-order valence-electron chi connectivity index (χ0n) is 9.11. The average molecular weight is 230 g/mol. The van der Waals surface area contributed by atoms with Crippen LogP contribution >= 0.6 is 0 Å². The number of carbonyl (C=O) groups excluding carboxylic acids is 2. The van der Waals surface area contributed by atoms with E-state index in [2.05, 4.69) is 5.32 Å². The van der Waals surface area contributed by atoms with Gasteiger partial charge in [-0.25, -0.2) is 0 Å².